The van der Waals surface area contributed by atoms with Crippen LogP contribution in [0.2, 0.25) is 5.02 Å². The Morgan fingerprint density at radius 3 is 2.35 bits per heavy atom. The van der Waals surface area contributed by atoms with Crippen molar-refractivity contribution in [1.29, 1.82) is 0 Å². The molecule has 1 aromatic heterocycles. The molecule has 0 saturated heterocycles. The molecule has 198 valence electrons. The van der Waals surface area contributed by atoms with E-state index in [1.165, 1.54) is 36.0 Å². The molecule has 1 unspecified atom stereocenters. The van der Waals surface area contributed by atoms with Gasteiger partial charge in [-0.15, -0.1) is 0 Å². The first-order chi connectivity index (χ1) is 17.3. The minimum absolute atomic E-state index is 0.0844. The Bertz CT molecular complexity index is 1280. The molecule has 14 heteroatoms. The number of alkyl halides is 3. The van der Waals surface area contributed by atoms with E-state index >= 15 is 0 Å². The van der Waals surface area contributed by atoms with E-state index in [1.54, 1.807) is 0 Å². The van der Waals surface area contributed by atoms with Gasteiger partial charge in [0.2, 0.25) is 0 Å². The third kappa shape index (κ3) is 5.83. The summed E-state index contributed by atoms with van der Waals surface area (Å²) in [5.41, 5.74) is -4.06. The maximum atomic E-state index is 14.1. The van der Waals surface area contributed by atoms with Crippen LogP contribution >= 0.6 is 11.6 Å². The van der Waals surface area contributed by atoms with Gasteiger partial charge < -0.3 is 20.6 Å². The second-order valence-electron chi connectivity index (χ2n) is 8.01. The molecular weight excluding hydrogens is 525 g/mol. The molecule has 3 rings (SSSR count). The largest absolute Gasteiger partial charge is 0.420 e. The zero-order valence-corrected chi connectivity index (χ0v) is 20.2. The van der Waals surface area contributed by atoms with Crippen molar-refractivity contribution in [3.05, 3.63) is 76.4 Å². The smallest absolute Gasteiger partial charge is 0.378 e. The predicted molar refractivity (Wildman–Crippen MR) is 125 cm³/mol. The van der Waals surface area contributed by atoms with E-state index in [0.717, 1.165) is 31.4 Å². The highest BCUT2D eigenvalue weighted by atomic mass is 35.5. The molecule has 0 bridgehead atoms. The SMILES string of the molecule is CNc1c(C(=O)NCC(O)(CN(C)C(=O)c2c(F)cccc2Cl)C(F)(F)F)cnn1-c1ccc(F)cc1. The number of nitrogens with one attached hydrogen (secondary N) is 2. The zero-order valence-electron chi connectivity index (χ0n) is 19.4. The normalized spacial score (nSPS) is 13.1. The second kappa shape index (κ2) is 10.7. The fourth-order valence-electron chi connectivity index (χ4n) is 3.46. The monoisotopic (exact) mass is 545 g/mol. The van der Waals surface area contributed by atoms with E-state index in [1.807, 2.05) is 5.32 Å². The number of benzene rings is 2. The molecule has 0 fully saturated rings. The average molecular weight is 546 g/mol. The van der Waals surface area contributed by atoms with Gasteiger partial charge in [0.1, 0.15) is 23.0 Å². The van der Waals surface area contributed by atoms with Gasteiger partial charge in [0.15, 0.2) is 5.60 Å². The van der Waals surface area contributed by atoms with Gasteiger partial charge in [-0.2, -0.15) is 18.3 Å². The van der Waals surface area contributed by atoms with E-state index in [4.69, 9.17) is 11.6 Å². The minimum atomic E-state index is -5.29. The van der Waals surface area contributed by atoms with E-state index in [2.05, 4.69) is 10.4 Å². The highest BCUT2D eigenvalue weighted by Gasteiger charge is 2.55. The summed E-state index contributed by atoms with van der Waals surface area (Å²) in [5.74, 6) is -3.69. The van der Waals surface area contributed by atoms with Crippen molar-refractivity contribution in [2.75, 3.05) is 32.5 Å². The number of aromatic nitrogens is 2. The molecule has 2 amide bonds. The average Bonchev–Trinajstić information content (AvgIpc) is 3.26. The number of hydrogen-bond acceptors (Lipinski definition) is 5. The van der Waals surface area contributed by atoms with E-state index in [-0.39, 0.29) is 16.4 Å². The summed E-state index contributed by atoms with van der Waals surface area (Å²) in [6.07, 6.45) is -4.22. The summed E-state index contributed by atoms with van der Waals surface area (Å²) in [6, 6.07) is 8.39. The first-order valence-corrected chi connectivity index (χ1v) is 11.0. The molecule has 2 aromatic carbocycles. The van der Waals surface area contributed by atoms with Gasteiger partial charge in [0, 0.05) is 14.1 Å². The van der Waals surface area contributed by atoms with Crippen molar-refractivity contribution < 1.29 is 36.6 Å². The highest BCUT2D eigenvalue weighted by Crippen LogP contribution is 2.32. The molecule has 0 aliphatic carbocycles. The number of nitrogens with zero attached hydrogens (tertiary/aromatic N) is 3. The van der Waals surface area contributed by atoms with E-state index in [0.29, 0.717) is 10.6 Å². The maximum Gasteiger partial charge on any atom is 0.420 e. The Morgan fingerprint density at radius 1 is 1.14 bits per heavy atom. The molecule has 0 aliphatic heterocycles. The fraction of sp³-hybridized carbons (Fsp3) is 0.261. The Labute approximate surface area is 212 Å². The Kier molecular flexibility index (Phi) is 8.08. The molecular formula is C23H21ClF5N5O3. The number of hydrogen-bond donors (Lipinski definition) is 3. The van der Waals surface area contributed by atoms with Gasteiger partial charge >= 0.3 is 6.18 Å². The van der Waals surface area contributed by atoms with Crippen molar-refractivity contribution in [2.24, 2.45) is 0 Å². The molecule has 0 aliphatic rings. The fourth-order valence-corrected chi connectivity index (χ4v) is 3.70. The molecule has 3 aromatic rings. The number of carbonyl (C=O) groups is 2. The van der Waals surface area contributed by atoms with Crippen molar-refractivity contribution >= 4 is 29.2 Å². The first-order valence-electron chi connectivity index (χ1n) is 10.6. The Balaban J connectivity index is 1.81. The predicted octanol–water partition coefficient (Wildman–Crippen LogP) is 3.64. The molecule has 0 saturated carbocycles. The van der Waals surface area contributed by atoms with Gasteiger partial charge in [-0.25, -0.2) is 13.5 Å². The number of likely N-dealkylation sites (N-methyl/N-ethyl adjacent to an activating group) is 1. The summed E-state index contributed by atoms with van der Waals surface area (Å²) in [6.45, 7) is -2.68. The van der Waals surface area contributed by atoms with Crippen molar-refractivity contribution in [2.45, 2.75) is 11.8 Å². The minimum Gasteiger partial charge on any atom is -0.378 e. The molecule has 1 atom stereocenters. The summed E-state index contributed by atoms with van der Waals surface area (Å²) in [4.78, 5) is 25.8. The van der Waals surface area contributed by atoms with E-state index in [9.17, 15) is 36.6 Å². The van der Waals surface area contributed by atoms with Gasteiger partial charge in [0.25, 0.3) is 11.8 Å². The lowest BCUT2D eigenvalue weighted by molar-refractivity contribution is -0.259. The van der Waals surface area contributed by atoms with E-state index < -0.39 is 53.9 Å². The van der Waals surface area contributed by atoms with Crippen LogP contribution in [0.4, 0.5) is 27.8 Å². The molecule has 0 spiro atoms. The van der Waals surface area contributed by atoms with Crippen LogP contribution in [-0.4, -0.2) is 70.6 Å². The summed E-state index contributed by atoms with van der Waals surface area (Å²) in [7, 11) is 2.36. The van der Waals surface area contributed by atoms with Crippen LogP contribution in [0.5, 0.6) is 0 Å². The quantitative estimate of drug-likeness (QED) is 0.375. The van der Waals surface area contributed by atoms with Gasteiger partial charge in [0.05, 0.1) is 35.6 Å². The third-order valence-electron chi connectivity index (χ3n) is 5.41. The van der Waals surface area contributed by atoms with Gasteiger partial charge in [-0.3, -0.25) is 9.59 Å². The van der Waals surface area contributed by atoms with Gasteiger partial charge in [-0.1, -0.05) is 17.7 Å². The third-order valence-corrected chi connectivity index (χ3v) is 5.73. The standard InChI is InChI=1S/C23H21ClF5N5O3/c1-30-19-15(10-32-34(19)14-8-6-13(25)7-9-14)20(35)31-11-22(37,23(27,28)29)12-33(2)21(36)18-16(24)4-3-5-17(18)26/h3-10,30,37H,11-12H2,1-2H3,(H,31,35). The van der Waals surface area contributed by atoms with Crippen molar-refractivity contribution in [3.8, 4) is 5.69 Å². The van der Waals surface area contributed by atoms with Crippen molar-refractivity contribution in [1.82, 2.24) is 20.0 Å². The molecule has 8 nitrogen and oxygen atoms in total. The Morgan fingerprint density at radius 2 is 1.78 bits per heavy atom. The lowest BCUT2D eigenvalue weighted by atomic mass is 10.0. The van der Waals surface area contributed by atoms with Crippen molar-refractivity contribution in [3.63, 3.8) is 0 Å². The molecule has 0 radical (unpaired) electrons. The number of halogens is 6. The summed E-state index contributed by atoms with van der Waals surface area (Å²) >= 11 is 5.82. The zero-order chi connectivity index (χ0) is 27.5. The number of anilines is 1. The van der Waals surface area contributed by atoms with Crippen LogP contribution in [0.3, 0.4) is 0 Å². The van der Waals surface area contributed by atoms with Crippen LogP contribution in [0, 0.1) is 11.6 Å². The lowest BCUT2D eigenvalue weighted by Crippen LogP contribution is -2.60. The summed E-state index contributed by atoms with van der Waals surface area (Å²) < 4.78 is 70.1. The number of carbonyl (C=O) groups excluding carboxylic acids is 2. The topological polar surface area (TPSA) is 99.5 Å². The molecule has 3 N–H and O–H groups in total. The van der Waals surface area contributed by atoms with Crippen LogP contribution in [-0.2, 0) is 0 Å². The van der Waals surface area contributed by atoms with Gasteiger partial charge in [-0.05, 0) is 36.4 Å². The first kappa shape index (κ1) is 27.9. The Hall–Kier alpha value is -3.71. The molecule has 1 heterocycles. The van der Waals surface area contributed by atoms with Crippen LogP contribution in [0.15, 0.2) is 48.7 Å². The van der Waals surface area contributed by atoms with Crippen LogP contribution in [0.25, 0.3) is 5.69 Å². The highest BCUT2D eigenvalue weighted by molar-refractivity contribution is 6.33. The number of rotatable bonds is 8. The second-order valence-corrected chi connectivity index (χ2v) is 8.42. The number of amides is 2. The summed E-state index contributed by atoms with van der Waals surface area (Å²) in [5, 5.41) is 18.8. The van der Waals surface area contributed by atoms with Crippen LogP contribution < -0.4 is 10.6 Å². The maximum absolute atomic E-state index is 14.1. The number of aliphatic hydroxyl groups is 1. The lowest BCUT2D eigenvalue weighted by Gasteiger charge is -2.34. The van der Waals surface area contributed by atoms with Crippen LogP contribution in [0.1, 0.15) is 20.7 Å². The molecule has 37 heavy (non-hydrogen) atoms.